The van der Waals surface area contributed by atoms with Crippen LogP contribution < -0.4 is 5.19 Å². The maximum absolute atomic E-state index is 5.85. The van der Waals surface area contributed by atoms with Gasteiger partial charge in [0.05, 0.1) is 0 Å². The summed E-state index contributed by atoms with van der Waals surface area (Å²) in [6, 6.07) is 8.35. The van der Waals surface area contributed by atoms with E-state index in [2.05, 4.69) is 18.2 Å². The van der Waals surface area contributed by atoms with Crippen LogP contribution in [0.3, 0.4) is 0 Å². The van der Waals surface area contributed by atoms with E-state index in [1.165, 1.54) is 10.8 Å². The molecule has 0 spiro atoms. The average molecular weight is 231 g/mol. The van der Waals surface area contributed by atoms with Crippen molar-refractivity contribution in [2.45, 2.75) is 19.3 Å². The zero-order chi connectivity index (χ0) is 9.52. The maximum Gasteiger partial charge on any atom is 0.210 e. The van der Waals surface area contributed by atoms with Crippen molar-refractivity contribution in [2.75, 3.05) is 5.88 Å². The molecule has 1 aromatic carbocycles. The second kappa shape index (κ2) is 6.47. The molecule has 0 saturated carbocycles. The minimum absolute atomic E-state index is 0.380. The van der Waals surface area contributed by atoms with Gasteiger partial charge in [0, 0.05) is 5.88 Å². The number of halogens is 2. The average Bonchev–Trinajstić information content (AvgIpc) is 2.19. The molecule has 0 N–H and O–H groups in total. The van der Waals surface area contributed by atoms with Crippen LogP contribution in [0, 0.1) is 0 Å². The first-order chi connectivity index (χ1) is 6.38. The number of aryl methyl sites for hydroxylation is 1. The standard InChI is InChI=1S/C10H12Cl2Si/c11-8-4-3-6-9-5-1-2-7-10(9)13-12/h1-2,5,7H,3-4,6,8H2. The lowest BCUT2D eigenvalue weighted by Crippen LogP contribution is -2.14. The monoisotopic (exact) mass is 230 g/mol. The van der Waals surface area contributed by atoms with Crippen LogP contribution in [0.5, 0.6) is 0 Å². The van der Waals surface area contributed by atoms with Gasteiger partial charge in [-0.05, 0) is 30.0 Å². The quantitative estimate of drug-likeness (QED) is 0.316. The van der Waals surface area contributed by atoms with E-state index in [0.29, 0.717) is 8.83 Å². The fourth-order valence-electron chi connectivity index (χ4n) is 1.24. The van der Waals surface area contributed by atoms with Gasteiger partial charge in [-0.15, -0.1) is 11.6 Å². The van der Waals surface area contributed by atoms with Gasteiger partial charge in [0.15, 0.2) is 0 Å². The van der Waals surface area contributed by atoms with Gasteiger partial charge >= 0.3 is 0 Å². The lowest BCUT2D eigenvalue weighted by atomic mass is 10.1. The lowest BCUT2D eigenvalue weighted by Gasteiger charge is -2.04. The summed E-state index contributed by atoms with van der Waals surface area (Å²) < 4.78 is 0. The van der Waals surface area contributed by atoms with Crippen LogP contribution in [0.4, 0.5) is 0 Å². The van der Waals surface area contributed by atoms with Crippen LogP contribution in [-0.2, 0) is 6.42 Å². The van der Waals surface area contributed by atoms with E-state index >= 15 is 0 Å². The van der Waals surface area contributed by atoms with Gasteiger partial charge < -0.3 is 0 Å². The van der Waals surface area contributed by atoms with Crippen molar-refractivity contribution in [1.82, 2.24) is 0 Å². The molecule has 0 saturated heterocycles. The van der Waals surface area contributed by atoms with Gasteiger partial charge in [0.1, 0.15) is 0 Å². The van der Waals surface area contributed by atoms with E-state index in [9.17, 15) is 0 Å². The minimum Gasteiger partial charge on any atom is -0.165 e. The van der Waals surface area contributed by atoms with Gasteiger partial charge in [-0.1, -0.05) is 24.3 Å². The second-order valence-corrected chi connectivity index (χ2v) is 4.57. The number of unbranched alkanes of at least 4 members (excludes halogenated alkanes) is 1. The molecule has 0 aliphatic carbocycles. The first-order valence-corrected chi connectivity index (χ1v) is 6.93. The highest BCUT2D eigenvalue weighted by Gasteiger charge is 2.00. The summed E-state index contributed by atoms with van der Waals surface area (Å²) in [5, 5.41) is 1.28. The van der Waals surface area contributed by atoms with Crippen molar-refractivity contribution in [1.29, 1.82) is 0 Å². The molecule has 0 aromatic heterocycles. The lowest BCUT2D eigenvalue weighted by molar-refractivity contribution is 0.802. The summed E-state index contributed by atoms with van der Waals surface area (Å²) in [6.45, 7) is 0. The van der Waals surface area contributed by atoms with Gasteiger partial charge in [-0.3, -0.25) is 0 Å². The molecule has 1 aromatic rings. The summed E-state index contributed by atoms with van der Waals surface area (Å²) in [7, 11) is 0.380. The Balaban J connectivity index is 2.54. The summed E-state index contributed by atoms with van der Waals surface area (Å²) in [5.41, 5.74) is 1.38. The van der Waals surface area contributed by atoms with E-state index < -0.39 is 0 Å². The Kier molecular flexibility index (Phi) is 5.52. The molecule has 2 radical (unpaired) electrons. The maximum atomic E-state index is 5.85. The van der Waals surface area contributed by atoms with Crippen molar-refractivity contribution in [2.24, 2.45) is 0 Å². The van der Waals surface area contributed by atoms with Crippen LogP contribution in [0.25, 0.3) is 0 Å². The highest BCUT2D eigenvalue weighted by molar-refractivity contribution is 7.01. The molecule has 0 aliphatic heterocycles. The largest absolute Gasteiger partial charge is 0.210 e. The number of rotatable bonds is 5. The Morgan fingerprint density at radius 2 is 1.92 bits per heavy atom. The fourth-order valence-corrected chi connectivity index (χ4v) is 2.47. The molecular formula is C10H12Cl2Si. The molecule has 0 amide bonds. The molecule has 0 fully saturated rings. The fraction of sp³-hybridized carbons (Fsp3) is 0.400. The van der Waals surface area contributed by atoms with E-state index in [-0.39, 0.29) is 0 Å². The topological polar surface area (TPSA) is 0 Å². The van der Waals surface area contributed by atoms with Gasteiger partial charge in [-0.2, -0.15) is 11.1 Å². The van der Waals surface area contributed by atoms with Crippen LogP contribution >= 0.6 is 22.7 Å². The third-order valence-electron chi connectivity index (χ3n) is 1.95. The third-order valence-corrected chi connectivity index (χ3v) is 3.52. The predicted molar refractivity (Wildman–Crippen MR) is 61.3 cm³/mol. The van der Waals surface area contributed by atoms with Gasteiger partial charge in [0.2, 0.25) is 8.83 Å². The van der Waals surface area contributed by atoms with Crippen molar-refractivity contribution >= 4 is 36.7 Å². The smallest absolute Gasteiger partial charge is 0.165 e. The van der Waals surface area contributed by atoms with Crippen LogP contribution in [0.15, 0.2) is 24.3 Å². The molecule has 0 heterocycles. The third kappa shape index (κ3) is 3.71. The molecule has 13 heavy (non-hydrogen) atoms. The summed E-state index contributed by atoms with van der Waals surface area (Å²) in [5.74, 6) is 0.755. The highest BCUT2D eigenvalue weighted by Crippen LogP contribution is 2.03. The number of alkyl halides is 1. The molecule has 1 rings (SSSR count). The first-order valence-electron chi connectivity index (χ1n) is 4.39. The Bertz CT molecular complexity index is 250. The highest BCUT2D eigenvalue weighted by atomic mass is 35.6. The van der Waals surface area contributed by atoms with E-state index in [1.807, 2.05) is 6.07 Å². The first kappa shape index (κ1) is 11.1. The predicted octanol–water partition coefficient (Wildman–Crippen LogP) is 2.73. The summed E-state index contributed by atoms with van der Waals surface area (Å²) in [4.78, 5) is 0. The summed E-state index contributed by atoms with van der Waals surface area (Å²) >= 11 is 11.5. The van der Waals surface area contributed by atoms with Crippen molar-refractivity contribution in [3.05, 3.63) is 29.8 Å². The zero-order valence-corrected chi connectivity index (χ0v) is 9.91. The SMILES string of the molecule is ClCCCCc1ccccc1[Si]Cl. The van der Waals surface area contributed by atoms with Crippen molar-refractivity contribution in [3.63, 3.8) is 0 Å². The number of hydrogen-bond acceptors (Lipinski definition) is 0. The normalized spacial score (nSPS) is 10.3. The Hall–Kier alpha value is 0.0169. The Morgan fingerprint density at radius 3 is 2.62 bits per heavy atom. The van der Waals surface area contributed by atoms with E-state index in [0.717, 1.165) is 25.1 Å². The Labute approximate surface area is 91.8 Å². The molecular weight excluding hydrogens is 219 g/mol. The number of hydrogen-bond donors (Lipinski definition) is 0. The van der Waals surface area contributed by atoms with E-state index in [1.54, 1.807) is 0 Å². The van der Waals surface area contributed by atoms with Crippen molar-refractivity contribution < 1.29 is 0 Å². The molecule has 3 heteroatoms. The van der Waals surface area contributed by atoms with Crippen LogP contribution in [-0.4, -0.2) is 14.7 Å². The molecule has 0 nitrogen and oxygen atoms in total. The van der Waals surface area contributed by atoms with Crippen LogP contribution in [0.2, 0.25) is 0 Å². The molecule has 0 atom stereocenters. The van der Waals surface area contributed by atoms with Crippen LogP contribution in [0.1, 0.15) is 18.4 Å². The van der Waals surface area contributed by atoms with Crippen molar-refractivity contribution in [3.8, 4) is 0 Å². The zero-order valence-electron chi connectivity index (χ0n) is 7.39. The van der Waals surface area contributed by atoms with Gasteiger partial charge in [0.25, 0.3) is 0 Å². The summed E-state index contributed by atoms with van der Waals surface area (Å²) in [6.07, 6.45) is 3.34. The molecule has 0 unspecified atom stereocenters. The molecule has 0 aliphatic rings. The minimum atomic E-state index is 0.380. The molecule has 0 bridgehead atoms. The second-order valence-electron chi connectivity index (χ2n) is 2.90. The van der Waals surface area contributed by atoms with E-state index in [4.69, 9.17) is 22.7 Å². The number of benzene rings is 1. The Morgan fingerprint density at radius 1 is 1.15 bits per heavy atom. The molecule has 70 valence electrons. The van der Waals surface area contributed by atoms with Gasteiger partial charge in [-0.25, -0.2) is 0 Å².